The number of hydrogen-bond acceptors (Lipinski definition) is 4. The standard InChI is InChI=1S/C17H11F4N5O/c18-11-2-3-12(14(20)6-11)17(27)25-24-16(7-26-9-22-8-23-26)10-1-4-13(19)15(21)5-10/h1-9,24H,(H,25,27). The van der Waals surface area contributed by atoms with Crippen molar-refractivity contribution in [2.24, 2.45) is 0 Å². The van der Waals surface area contributed by atoms with Crippen LogP contribution in [0.25, 0.3) is 11.9 Å². The van der Waals surface area contributed by atoms with Crippen LogP contribution in [0.1, 0.15) is 15.9 Å². The molecule has 3 aromatic rings. The molecule has 1 heterocycles. The third kappa shape index (κ3) is 4.29. The Balaban J connectivity index is 1.85. The SMILES string of the molecule is O=C(NNC(=Cn1cncn1)c1ccc(F)c(F)c1)c1ccc(F)cc1F. The largest absolute Gasteiger partial charge is 0.296 e. The van der Waals surface area contributed by atoms with Crippen LogP contribution in [0.5, 0.6) is 0 Å². The van der Waals surface area contributed by atoms with Gasteiger partial charge in [0.2, 0.25) is 0 Å². The van der Waals surface area contributed by atoms with Gasteiger partial charge in [0, 0.05) is 11.6 Å². The van der Waals surface area contributed by atoms with Gasteiger partial charge in [0.15, 0.2) is 11.6 Å². The zero-order valence-electron chi connectivity index (χ0n) is 13.5. The van der Waals surface area contributed by atoms with Crippen LogP contribution < -0.4 is 10.9 Å². The van der Waals surface area contributed by atoms with Crippen molar-refractivity contribution in [3.05, 3.63) is 83.4 Å². The average molecular weight is 377 g/mol. The summed E-state index contributed by atoms with van der Waals surface area (Å²) in [6.07, 6.45) is 3.90. The fourth-order valence-electron chi connectivity index (χ4n) is 2.12. The maximum absolute atomic E-state index is 13.7. The van der Waals surface area contributed by atoms with E-state index in [1.54, 1.807) is 0 Å². The van der Waals surface area contributed by atoms with Gasteiger partial charge >= 0.3 is 0 Å². The lowest BCUT2D eigenvalue weighted by molar-refractivity contribution is 0.0938. The van der Waals surface area contributed by atoms with Gasteiger partial charge in [-0.15, -0.1) is 0 Å². The molecule has 2 aromatic carbocycles. The van der Waals surface area contributed by atoms with Crippen LogP contribution in [-0.2, 0) is 0 Å². The molecule has 27 heavy (non-hydrogen) atoms. The van der Waals surface area contributed by atoms with E-state index < -0.39 is 34.7 Å². The van der Waals surface area contributed by atoms with Crippen LogP contribution in [-0.4, -0.2) is 20.7 Å². The molecule has 0 fully saturated rings. The highest BCUT2D eigenvalue weighted by molar-refractivity contribution is 5.94. The highest BCUT2D eigenvalue weighted by Crippen LogP contribution is 2.16. The molecule has 138 valence electrons. The summed E-state index contributed by atoms with van der Waals surface area (Å²) in [5.74, 6) is -4.93. The van der Waals surface area contributed by atoms with Crippen LogP contribution in [0.3, 0.4) is 0 Å². The summed E-state index contributed by atoms with van der Waals surface area (Å²) in [7, 11) is 0. The van der Waals surface area contributed by atoms with Gasteiger partial charge < -0.3 is 0 Å². The van der Waals surface area contributed by atoms with Crippen molar-refractivity contribution in [2.75, 3.05) is 0 Å². The first-order valence-electron chi connectivity index (χ1n) is 7.47. The van der Waals surface area contributed by atoms with Gasteiger partial charge in [-0.2, -0.15) is 5.10 Å². The Morgan fingerprint density at radius 2 is 1.78 bits per heavy atom. The Morgan fingerprint density at radius 1 is 0.963 bits per heavy atom. The summed E-state index contributed by atoms with van der Waals surface area (Å²) in [5, 5.41) is 3.84. The molecule has 0 aliphatic rings. The molecule has 1 amide bonds. The highest BCUT2D eigenvalue weighted by atomic mass is 19.2. The number of carbonyl (C=O) groups is 1. The number of halogens is 4. The third-order valence-corrected chi connectivity index (χ3v) is 3.42. The first kappa shape index (κ1) is 18.1. The van der Waals surface area contributed by atoms with Crippen LogP contribution >= 0.6 is 0 Å². The summed E-state index contributed by atoms with van der Waals surface area (Å²) in [5.41, 5.74) is 4.56. The fraction of sp³-hybridized carbons (Fsp3) is 0. The van der Waals surface area contributed by atoms with Crippen molar-refractivity contribution in [2.45, 2.75) is 0 Å². The summed E-state index contributed by atoms with van der Waals surface area (Å²) in [6, 6.07) is 5.54. The Morgan fingerprint density at radius 3 is 2.44 bits per heavy atom. The van der Waals surface area contributed by atoms with Gasteiger partial charge in [-0.3, -0.25) is 15.6 Å². The Bertz CT molecular complexity index is 1000. The number of hydrazine groups is 1. The van der Waals surface area contributed by atoms with Crippen LogP contribution in [0, 0.1) is 23.3 Å². The number of amides is 1. The number of nitrogens with zero attached hydrogens (tertiary/aromatic N) is 3. The average Bonchev–Trinajstić information content (AvgIpc) is 3.14. The summed E-state index contributed by atoms with van der Waals surface area (Å²) < 4.78 is 54.6. The molecule has 0 bridgehead atoms. The summed E-state index contributed by atoms with van der Waals surface area (Å²) in [6.45, 7) is 0. The molecule has 0 spiro atoms. The van der Waals surface area contributed by atoms with Crippen molar-refractivity contribution in [3.8, 4) is 0 Å². The van der Waals surface area contributed by atoms with E-state index in [9.17, 15) is 22.4 Å². The van der Waals surface area contributed by atoms with E-state index in [-0.39, 0.29) is 11.3 Å². The Kier molecular flexibility index (Phi) is 5.15. The number of carbonyl (C=O) groups excluding carboxylic acids is 1. The number of rotatable bonds is 5. The minimum Gasteiger partial charge on any atom is -0.296 e. The zero-order chi connectivity index (χ0) is 19.4. The number of hydrogen-bond donors (Lipinski definition) is 2. The molecule has 0 saturated carbocycles. The number of aromatic nitrogens is 3. The molecular weight excluding hydrogens is 366 g/mol. The lowest BCUT2D eigenvalue weighted by atomic mass is 10.1. The second-order valence-electron chi connectivity index (χ2n) is 5.25. The molecule has 1 aromatic heterocycles. The second-order valence-corrected chi connectivity index (χ2v) is 5.25. The molecule has 0 aliphatic heterocycles. The van der Waals surface area contributed by atoms with E-state index in [0.29, 0.717) is 6.07 Å². The van der Waals surface area contributed by atoms with E-state index in [2.05, 4.69) is 20.9 Å². The van der Waals surface area contributed by atoms with E-state index >= 15 is 0 Å². The van der Waals surface area contributed by atoms with Crippen molar-refractivity contribution in [1.82, 2.24) is 25.6 Å². The van der Waals surface area contributed by atoms with Gasteiger partial charge in [0.25, 0.3) is 5.91 Å². The number of nitrogens with one attached hydrogen (secondary N) is 2. The van der Waals surface area contributed by atoms with Gasteiger partial charge in [0.05, 0.1) is 17.5 Å². The van der Waals surface area contributed by atoms with Gasteiger partial charge in [-0.25, -0.2) is 27.2 Å². The van der Waals surface area contributed by atoms with Crippen molar-refractivity contribution in [3.63, 3.8) is 0 Å². The molecule has 0 radical (unpaired) electrons. The zero-order valence-corrected chi connectivity index (χ0v) is 13.5. The van der Waals surface area contributed by atoms with Crippen LogP contribution in [0.4, 0.5) is 17.6 Å². The van der Waals surface area contributed by atoms with Gasteiger partial charge in [-0.05, 0) is 30.3 Å². The lowest BCUT2D eigenvalue weighted by Gasteiger charge is -2.13. The van der Waals surface area contributed by atoms with Gasteiger partial charge in [-0.1, -0.05) is 0 Å². The van der Waals surface area contributed by atoms with Crippen LogP contribution in [0.2, 0.25) is 0 Å². The van der Waals surface area contributed by atoms with Crippen LogP contribution in [0.15, 0.2) is 49.1 Å². The van der Waals surface area contributed by atoms with E-state index in [1.165, 1.54) is 29.6 Å². The van der Waals surface area contributed by atoms with Crippen molar-refractivity contribution >= 4 is 17.8 Å². The molecule has 0 aliphatic carbocycles. The quantitative estimate of drug-likeness (QED) is 0.530. The minimum atomic E-state index is -1.10. The molecule has 0 atom stereocenters. The lowest BCUT2D eigenvalue weighted by Crippen LogP contribution is -2.36. The molecule has 0 unspecified atom stereocenters. The first-order valence-corrected chi connectivity index (χ1v) is 7.47. The molecular formula is C17H11F4N5O. The predicted octanol–water partition coefficient (Wildman–Crippen LogP) is 2.72. The van der Waals surface area contributed by atoms with Crippen molar-refractivity contribution in [1.29, 1.82) is 0 Å². The fourth-order valence-corrected chi connectivity index (χ4v) is 2.12. The molecule has 2 N–H and O–H groups in total. The molecule has 0 saturated heterocycles. The monoisotopic (exact) mass is 377 g/mol. The van der Waals surface area contributed by atoms with E-state index in [1.807, 2.05) is 0 Å². The summed E-state index contributed by atoms with van der Waals surface area (Å²) >= 11 is 0. The predicted molar refractivity (Wildman–Crippen MR) is 87.5 cm³/mol. The summed E-state index contributed by atoms with van der Waals surface area (Å²) in [4.78, 5) is 15.8. The minimum absolute atomic E-state index is 0.107. The first-order chi connectivity index (χ1) is 12.9. The maximum atomic E-state index is 13.7. The topological polar surface area (TPSA) is 71.8 Å². The second kappa shape index (κ2) is 7.68. The molecule has 10 heteroatoms. The maximum Gasteiger partial charge on any atom is 0.272 e. The molecule has 3 rings (SSSR count). The molecule has 6 nitrogen and oxygen atoms in total. The Hall–Kier alpha value is -3.69. The highest BCUT2D eigenvalue weighted by Gasteiger charge is 2.14. The van der Waals surface area contributed by atoms with Gasteiger partial charge in [0.1, 0.15) is 24.3 Å². The third-order valence-electron chi connectivity index (χ3n) is 3.42. The van der Waals surface area contributed by atoms with E-state index in [4.69, 9.17) is 0 Å². The van der Waals surface area contributed by atoms with Crippen molar-refractivity contribution < 1.29 is 22.4 Å². The van der Waals surface area contributed by atoms with E-state index in [0.717, 1.165) is 24.3 Å². The smallest absolute Gasteiger partial charge is 0.272 e. The Labute approximate surface area is 150 Å². The number of benzene rings is 2. The normalized spacial score (nSPS) is 11.3.